The number of ether oxygens (including phenoxy) is 2. The van der Waals surface area contributed by atoms with Crippen LogP contribution in [0.15, 0.2) is 138 Å². The average molecular weight is 616 g/mol. The van der Waals surface area contributed by atoms with E-state index in [1.54, 1.807) is 11.8 Å². The van der Waals surface area contributed by atoms with Gasteiger partial charge in [-0.3, -0.25) is 4.79 Å². The second-order valence-corrected chi connectivity index (χ2v) is 12.4. The summed E-state index contributed by atoms with van der Waals surface area (Å²) in [5.74, 6) is 0.819. The second kappa shape index (κ2) is 14.7. The van der Waals surface area contributed by atoms with Crippen molar-refractivity contribution in [3.63, 3.8) is 0 Å². The first kappa shape index (κ1) is 30.8. The van der Waals surface area contributed by atoms with Crippen molar-refractivity contribution in [2.75, 3.05) is 5.75 Å². The van der Waals surface area contributed by atoms with Crippen LogP contribution in [0.3, 0.4) is 0 Å². The van der Waals surface area contributed by atoms with Gasteiger partial charge in [0.1, 0.15) is 0 Å². The molecule has 0 spiro atoms. The van der Waals surface area contributed by atoms with Crippen LogP contribution >= 0.6 is 11.8 Å². The third-order valence-electron chi connectivity index (χ3n) is 8.19. The Morgan fingerprint density at radius 2 is 1.42 bits per heavy atom. The van der Waals surface area contributed by atoms with E-state index in [0.29, 0.717) is 12.1 Å². The highest BCUT2D eigenvalue weighted by Crippen LogP contribution is 2.43. The molecule has 1 amide bonds. The Bertz CT molecular complexity index is 1690. The van der Waals surface area contributed by atoms with E-state index in [1.165, 1.54) is 4.90 Å². The SMILES string of the molecule is C[C@@H]1[C@H](CSc2ccccc2)O[C@H](c2cccc(-c3cccc(CNC(=O)c4ccccc4)c3)c2)O[C@@H]1c1ccc(CO)cc1. The Labute approximate surface area is 269 Å². The average Bonchev–Trinajstić information content (AvgIpc) is 3.11. The highest BCUT2D eigenvalue weighted by Gasteiger charge is 2.38. The number of benzene rings is 5. The fourth-order valence-corrected chi connectivity index (χ4v) is 6.69. The van der Waals surface area contributed by atoms with Crippen molar-refractivity contribution < 1.29 is 19.4 Å². The van der Waals surface area contributed by atoms with Gasteiger partial charge in [-0.05, 0) is 64.2 Å². The lowest BCUT2D eigenvalue weighted by Gasteiger charge is -2.41. The summed E-state index contributed by atoms with van der Waals surface area (Å²) >= 11 is 1.79. The molecule has 0 aliphatic carbocycles. The maximum atomic E-state index is 12.6. The third kappa shape index (κ3) is 7.72. The predicted molar refractivity (Wildman–Crippen MR) is 180 cm³/mol. The van der Waals surface area contributed by atoms with Gasteiger partial charge >= 0.3 is 0 Å². The lowest BCUT2D eigenvalue weighted by molar-refractivity contribution is -0.268. The molecule has 4 atom stereocenters. The summed E-state index contributed by atoms with van der Waals surface area (Å²) in [7, 11) is 0. The van der Waals surface area contributed by atoms with E-state index in [-0.39, 0.29) is 30.6 Å². The molecule has 0 unspecified atom stereocenters. The normalized spacial score (nSPS) is 19.6. The Hall–Kier alpha value is -4.20. The third-order valence-corrected chi connectivity index (χ3v) is 9.29. The van der Waals surface area contributed by atoms with E-state index >= 15 is 0 Å². The molecule has 5 aromatic carbocycles. The standard InChI is InChI=1S/C39H37NO4S/c1-27-36(26-45-35-16-6-3-7-17-35)43-39(44-37(27)30-20-18-28(25-41)19-21-30)34-15-9-14-33(23-34)32-13-8-10-29(22-32)24-40-38(42)31-11-4-2-5-12-31/h2-23,27,36-37,39,41H,24-26H2,1H3,(H,40,42)/t27-,36+,37+,39+/m1/s1. The first-order valence-electron chi connectivity index (χ1n) is 15.3. The predicted octanol–water partition coefficient (Wildman–Crippen LogP) is 8.36. The van der Waals surface area contributed by atoms with E-state index < -0.39 is 6.29 Å². The molecule has 45 heavy (non-hydrogen) atoms. The zero-order valence-corrected chi connectivity index (χ0v) is 26.0. The first-order chi connectivity index (χ1) is 22.1. The van der Waals surface area contributed by atoms with Crippen LogP contribution in [0.2, 0.25) is 0 Å². The highest BCUT2D eigenvalue weighted by atomic mass is 32.2. The Balaban J connectivity index is 1.22. The van der Waals surface area contributed by atoms with Crippen LogP contribution in [0.25, 0.3) is 11.1 Å². The minimum Gasteiger partial charge on any atom is -0.392 e. The topological polar surface area (TPSA) is 67.8 Å². The quantitative estimate of drug-likeness (QED) is 0.155. The van der Waals surface area contributed by atoms with Crippen LogP contribution in [0.1, 0.15) is 51.9 Å². The summed E-state index contributed by atoms with van der Waals surface area (Å²) in [6.07, 6.45) is -0.756. The lowest BCUT2D eigenvalue weighted by Crippen LogP contribution is -2.38. The molecule has 1 heterocycles. The lowest BCUT2D eigenvalue weighted by atomic mass is 9.91. The Kier molecular flexibility index (Phi) is 10.1. The molecule has 1 aliphatic rings. The van der Waals surface area contributed by atoms with Gasteiger partial charge in [-0.2, -0.15) is 0 Å². The molecule has 5 aromatic rings. The van der Waals surface area contributed by atoms with Gasteiger partial charge in [-0.1, -0.05) is 104 Å². The molecule has 0 saturated carbocycles. The maximum absolute atomic E-state index is 12.6. The summed E-state index contributed by atoms with van der Waals surface area (Å²) in [4.78, 5) is 13.8. The number of hydrogen-bond donors (Lipinski definition) is 2. The van der Waals surface area contributed by atoms with Crippen LogP contribution in [-0.4, -0.2) is 22.9 Å². The molecular weight excluding hydrogens is 578 g/mol. The zero-order valence-electron chi connectivity index (χ0n) is 25.2. The molecule has 1 aliphatic heterocycles. The second-order valence-electron chi connectivity index (χ2n) is 11.3. The van der Waals surface area contributed by atoms with Gasteiger partial charge < -0.3 is 19.9 Å². The summed E-state index contributed by atoms with van der Waals surface area (Å²) in [6, 6.07) is 44.2. The number of aliphatic hydroxyl groups is 1. The van der Waals surface area contributed by atoms with Gasteiger partial charge in [0.05, 0.1) is 18.8 Å². The van der Waals surface area contributed by atoms with Crippen LogP contribution in [0, 0.1) is 5.92 Å². The smallest absolute Gasteiger partial charge is 0.251 e. The van der Waals surface area contributed by atoms with Crippen molar-refractivity contribution in [1.82, 2.24) is 5.32 Å². The number of carbonyl (C=O) groups excluding carboxylic acids is 1. The van der Waals surface area contributed by atoms with Crippen LogP contribution in [0.4, 0.5) is 0 Å². The number of amides is 1. The van der Waals surface area contributed by atoms with E-state index in [2.05, 4.69) is 79.0 Å². The summed E-state index contributed by atoms with van der Waals surface area (Å²) in [6.45, 7) is 2.64. The van der Waals surface area contributed by atoms with Crippen molar-refractivity contribution >= 4 is 17.7 Å². The van der Waals surface area contributed by atoms with E-state index in [1.807, 2.05) is 66.7 Å². The van der Waals surface area contributed by atoms with Crippen molar-refractivity contribution in [1.29, 1.82) is 0 Å². The monoisotopic (exact) mass is 615 g/mol. The summed E-state index contributed by atoms with van der Waals surface area (Å²) in [5, 5.41) is 12.6. The number of thioether (sulfide) groups is 1. The van der Waals surface area contributed by atoms with E-state index in [4.69, 9.17) is 9.47 Å². The number of aliphatic hydroxyl groups excluding tert-OH is 1. The minimum absolute atomic E-state index is 0.0107. The van der Waals surface area contributed by atoms with Gasteiger partial charge in [-0.25, -0.2) is 0 Å². The first-order valence-corrected chi connectivity index (χ1v) is 16.3. The number of rotatable bonds is 10. The van der Waals surface area contributed by atoms with Crippen molar-refractivity contribution in [2.45, 2.75) is 43.5 Å². The van der Waals surface area contributed by atoms with Crippen molar-refractivity contribution in [3.05, 3.63) is 161 Å². The van der Waals surface area contributed by atoms with Gasteiger partial charge in [0, 0.05) is 34.2 Å². The van der Waals surface area contributed by atoms with Crippen LogP contribution in [-0.2, 0) is 22.6 Å². The molecule has 0 aromatic heterocycles. The minimum atomic E-state index is -0.543. The van der Waals surface area contributed by atoms with Crippen LogP contribution in [0.5, 0.6) is 0 Å². The van der Waals surface area contributed by atoms with Gasteiger partial charge in [0.15, 0.2) is 6.29 Å². The highest BCUT2D eigenvalue weighted by molar-refractivity contribution is 7.99. The molecular formula is C39H37NO4S. The Morgan fingerprint density at radius 3 is 2.16 bits per heavy atom. The van der Waals surface area contributed by atoms with Gasteiger partial charge in [0.25, 0.3) is 5.91 Å². The van der Waals surface area contributed by atoms with Gasteiger partial charge in [-0.15, -0.1) is 11.8 Å². The maximum Gasteiger partial charge on any atom is 0.251 e. The molecule has 5 nitrogen and oxygen atoms in total. The molecule has 2 N–H and O–H groups in total. The van der Waals surface area contributed by atoms with E-state index in [9.17, 15) is 9.90 Å². The largest absolute Gasteiger partial charge is 0.392 e. The van der Waals surface area contributed by atoms with Crippen LogP contribution < -0.4 is 5.32 Å². The summed E-state index contributed by atoms with van der Waals surface area (Å²) < 4.78 is 13.4. The molecule has 228 valence electrons. The van der Waals surface area contributed by atoms with E-state index in [0.717, 1.165) is 39.1 Å². The number of nitrogens with one attached hydrogen (secondary N) is 1. The molecule has 1 saturated heterocycles. The van der Waals surface area contributed by atoms with Crippen molar-refractivity contribution in [2.24, 2.45) is 5.92 Å². The van der Waals surface area contributed by atoms with Crippen molar-refractivity contribution in [3.8, 4) is 11.1 Å². The zero-order chi connectivity index (χ0) is 31.0. The molecule has 6 heteroatoms. The summed E-state index contributed by atoms with van der Waals surface area (Å²) in [5.41, 5.74) is 6.67. The molecule has 0 radical (unpaired) electrons. The molecule has 6 rings (SSSR count). The van der Waals surface area contributed by atoms with Gasteiger partial charge in [0.2, 0.25) is 0 Å². The fourth-order valence-electron chi connectivity index (χ4n) is 5.60. The fraction of sp³-hybridized carbons (Fsp3) is 0.205. The molecule has 0 bridgehead atoms. The number of hydrogen-bond acceptors (Lipinski definition) is 5. The molecule has 1 fully saturated rings. The number of carbonyl (C=O) groups is 1. The Morgan fingerprint density at radius 1 is 0.733 bits per heavy atom.